The van der Waals surface area contributed by atoms with Crippen molar-refractivity contribution in [1.29, 1.82) is 0 Å². The van der Waals surface area contributed by atoms with Gasteiger partial charge < -0.3 is 5.11 Å². The quantitative estimate of drug-likeness (QED) is 0.785. The van der Waals surface area contributed by atoms with Gasteiger partial charge in [-0.15, -0.1) is 0 Å². The van der Waals surface area contributed by atoms with Crippen LogP contribution in [0.4, 0.5) is 0 Å². The molecule has 0 unspecified atom stereocenters. The molecule has 0 aromatic heterocycles. The van der Waals surface area contributed by atoms with Crippen LogP contribution in [0.2, 0.25) is 0 Å². The maximum atomic E-state index is 10.0. The Labute approximate surface area is 90.4 Å². The van der Waals surface area contributed by atoms with E-state index in [4.69, 9.17) is 0 Å². The normalized spacial score (nSPS) is 13.0. The second-order valence-corrected chi connectivity index (χ2v) is 3.94. The third-order valence-corrected chi connectivity index (χ3v) is 2.91. The van der Waals surface area contributed by atoms with Crippen LogP contribution in [0.3, 0.4) is 0 Å². The van der Waals surface area contributed by atoms with E-state index in [-0.39, 0.29) is 6.10 Å². The fourth-order valence-corrected chi connectivity index (χ4v) is 2.05. The molecule has 0 amide bonds. The van der Waals surface area contributed by atoms with Crippen molar-refractivity contribution in [2.24, 2.45) is 0 Å². The first kappa shape index (κ1) is 10.2. The van der Waals surface area contributed by atoms with E-state index in [0.717, 1.165) is 12.0 Å². The molecule has 0 radical (unpaired) electrons. The summed E-state index contributed by atoms with van der Waals surface area (Å²) in [5.41, 5.74) is 2.25. The van der Waals surface area contributed by atoms with E-state index in [2.05, 4.69) is 31.2 Å². The van der Waals surface area contributed by atoms with Crippen LogP contribution >= 0.6 is 0 Å². The van der Waals surface area contributed by atoms with Crippen molar-refractivity contribution in [3.8, 4) is 0 Å². The summed E-state index contributed by atoms with van der Waals surface area (Å²) >= 11 is 0. The molecule has 1 N–H and O–H groups in total. The van der Waals surface area contributed by atoms with Crippen molar-refractivity contribution >= 4 is 10.8 Å². The third-order valence-electron chi connectivity index (χ3n) is 2.91. The Bertz CT molecular complexity index is 474. The molecular formula is C14H16O. The minimum atomic E-state index is -0.351. The Morgan fingerprint density at radius 1 is 1.13 bits per heavy atom. The average molecular weight is 200 g/mol. The van der Waals surface area contributed by atoms with E-state index in [1.54, 1.807) is 0 Å². The summed E-state index contributed by atoms with van der Waals surface area (Å²) in [5, 5.41) is 12.4. The van der Waals surface area contributed by atoms with Crippen LogP contribution in [-0.4, -0.2) is 5.11 Å². The fraction of sp³-hybridized carbons (Fsp3) is 0.286. The van der Waals surface area contributed by atoms with Crippen LogP contribution < -0.4 is 0 Å². The first-order chi connectivity index (χ1) is 7.24. The van der Waals surface area contributed by atoms with Gasteiger partial charge in [0.1, 0.15) is 0 Å². The molecule has 1 heteroatoms. The lowest BCUT2D eigenvalue weighted by Gasteiger charge is -2.14. The molecule has 2 rings (SSSR count). The van der Waals surface area contributed by atoms with Crippen LogP contribution in [0, 0.1) is 6.92 Å². The van der Waals surface area contributed by atoms with E-state index >= 15 is 0 Å². The molecule has 0 spiro atoms. The topological polar surface area (TPSA) is 20.2 Å². The summed E-state index contributed by atoms with van der Waals surface area (Å²) in [5.74, 6) is 0. The van der Waals surface area contributed by atoms with Gasteiger partial charge in [0, 0.05) is 0 Å². The highest BCUT2D eigenvalue weighted by Crippen LogP contribution is 2.29. The predicted octanol–water partition coefficient (Wildman–Crippen LogP) is 3.59. The van der Waals surface area contributed by atoms with Crippen molar-refractivity contribution in [2.45, 2.75) is 26.4 Å². The lowest BCUT2D eigenvalue weighted by atomic mass is 9.95. The molecule has 1 atom stereocenters. The van der Waals surface area contributed by atoms with Gasteiger partial charge in [-0.25, -0.2) is 0 Å². The number of rotatable bonds is 2. The molecule has 15 heavy (non-hydrogen) atoms. The van der Waals surface area contributed by atoms with Gasteiger partial charge in [-0.3, -0.25) is 0 Å². The average Bonchev–Trinajstić information content (AvgIpc) is 2.28. The predicted molar refractivity (Wildman–Crippen MR) is 63.9 cm³/mol. The molecule has 0 heterocycles. The highest BCUT2D eigenvalue weighted by atomic mass is 16.3. The highest BCUT2D eigenvalue weighted by Gasteiger charge is 2.11. The first-order valence-corrected chi connectivity index (χ1v) is 5.40. The smallest absolute Gasteiger partial charge is 0.0796 e. The molecule has 0 saturated carbocycles. The zero-order chi connectivity index (χ0) is 10.8. The van der Waals surface area contributed by atoms with Crippen LogP contribution in [-0.2, 0) is 0 Å². The molecule has 0 saturated heterocycles. The fourth-order valence-electron chi connectivity index (χ4n) is 2.05. The van der Waals surface area contributed by atoms with Gasteiger partial charge in [-0.05, 0) is 35.2 Å². The SMILES string of the molecule is CC[C@@H](O)c1c(C)ccc2ccccc12. The van der Waals surface area contributed by atoms with Gasteiger partial charge in [-0.1, -0.05) is 43.3 Å². The molecule has 2 aromatic carbocycles. The summed E-state index contributed by atoms with van der Waals surface area (Å²) in [6.45, 7) is 4.06. The van der Waals surface area contributed by atoms with Gasteiger partial charge in [0.15, 0.2) is 0 Å². The molecule has 0 aliphatic carbocycles. The van der Waals surface area contributed by atoms with E-state index < -0.39 is 0 Å². The summed E-state index contributed by atoms with van der Waals surface area (Å²) in [6, 6.07) is 12.4. The van der Waals surface area contributed by atoms with Crippen molar-refractivity contribution in [3.05, 3.63) is 47.5 Å². The van der Waals surface area contributed by atoms with Crippen molar-refractivity contribution in [1.82, 2.24) is 0 Å². The van der Waals surface area contributed by atoms with E-state index in [1.165, 1.54) is 16.3 Å². The molecule has 78 valence electrons. The van der Waals surface area contributed by atoms with Crippen molar-refractivity contribution < 1.29 is 5.11 Å². The zero-order valence-corrected chi connectivity index (χ0v) is 9.20. The Kier molecular flexibility index (Phi) is 2.74. The summed E-state index contributed by atoms with van der Waals surface area (Å²) < 4.78 is 0. The van der Waals surface area contributed by atoms with Crippen LogP contribution in [0.25, 0.3) is 10.8 Å². The van der Waals surface area contributed by atoms with Gasteiger partial charge in [0.05, 0.1) is 6.10 Å². The van der Waals surface area contributed by atoms with Crippen LogP contribution in [0.5, 0.6) is 0 Å². The minimum Gasteiger partial charge on any atom is -0.388 e. The largest absolute Gasteiger partial charge is 0.388 e. The van der Waals surface area contributed by atoms with Crippen molar-refractivity contribution in [2.75, 3.05) is 0 Å². The Balaban J connectivity index is 2.74. The molecule has 1 nitrogen and oxygen atoms in total. The third kappa shape index (κ3) is 1.75. The zero-order valence-electron chi connectivity index (χ0n) is 9.20. The summed E-state index contributed by atoms with van der Waals surface area (Å²) in [4.78, 5) is 0. The molecular weight excluding hydrogens is 184 g/mol. The van der Waals surface area contributed by atoms with Crippen molar-refractivity contribution in [3.63, 3.8) is 0 Å². The number of hydrogen-bond donors (Lipinski definition) is 1. The van der Waals surface area contributed by atoms with E-state index in [0.29, 0.717) is 0 Å². The Hall–Kier alpha value is -1.34. The maximum absolute atomic E-state index is 10.0. The second-order valence-electron chi connectivity index (χ2n) is 3.94. The summed E-state index contributed by atoms with van der Waals surface area (Å²) in [6.07, 6.45) is 0.408. The molecule has 0 bridgehead atoms. The van der Waals surface area contributed by atoms with Crippen LogP contribution in [0.15, 0.2) is 36.4 Å². The highest BCUT2D eigenvalue weighted by molar-refractivity contribution is 5.87. The number of aliphatic hydroxyl groups excluding tert-OH is 1. The standard InChI is InChI=1S/C14H16O/c1-3-13(15)14-10(2)8-9-11-6-4-5-7-12(11)14/h4-9,13,15H,3H2,1-2H3/t13-/m1/s1. The molecule has 0 aliphatic heterocycles. The Morgan fingerprint density at radius 2 is 1.87 bits per heavy atom. The number of benzene rings is 2. The molecule has 0 fully saturated rings. The van der Waals surface area contributed by atoms with E-state index in [1.807, 2.05) is 19.1 Å². The maximum Gasteiger partial charge on any atom is 0.0796 e. The first-order valence-electron chi connectivity index (χ1n) is 5.40. The minimum absolute atomic E-state index is 0.351. The molecule has 0 aliphatic rings. The lowest BCUT2D eigenvalue weighted by molar-refractivity contribution is 0.174. The Morgan fingerprint density at radius 3 is 2.60 bits per heavy atom. The van der Waals surface area contributed by atoms with E-state index in [9.17, 15) is 5.11 Å². The number of aryl methyl sites for hydroxylation is 1. The number of aliphatic hydroxyl groups is 1. The van der Waals surface area contributed by atoms with Gasteiger partial charge in [0.2, 0.25) is 0 Å². The number of fused-ring (bicyclic) bond motifs is 1. The molecule has 2 aromatic rings. The van der Waals surface area contributed by atoms with Gasteiger partial charge in [0.25, 0.3) is 0 Å². The van der Waals surface area contributed by atoms with Gasteiger partial charge in [-0.2, -0.15) is 0 Å². The monoisotopic (exact) mass is 200 g/mol. The van der Waals surface area contributed by atoms with Crippen LogP contribution in [0.1, 0.15) is 30.6 Å². The van der Waals surface area contributed by atoms with Gasteiger partial charge >= 0.3 is 0 Å². The second kappa shape index (κ2) is 4.03. The summed E-state index contributed by atoms with van der Waals surface area (Å²) in [7, 11) is 0. The number of hydrogen-bond acceptors (Lipinski definition) is 1. The lowest BCUT2D eigenvalue weighted by Crippen LogP contribution is -1.99.